The van der Waals surface area contributed by atoms with Crippen molar-refractivity contribution in [3.05, 3.63) is 24.3 Å². The van der Waals surface area contributed by atoms with E-state index in [2.05, 4.69) is 10.1 Å². The maximum absolute atomic E-state index is 11.7. The first-order valence-electron chi connectivity index (χ1n) is 6.04. The summed E-state index contributed by atoms with van der Waals surface area (Å²) in [4.78, 5) is 23.1. The predicted octanol–water partition coefficient (Wildman–Crippen LogP) is 1.76. The lowest BCUT2D eigenvalue weighted by atomic mass is 9.84. The monoisotopic (exact) mass is 281 g/mol. The number of rotatable bonds is 6. The second kappa shape index (κ2) is 6.27. The van der Waals surface area contributed by atoms with E-state index in [9.17, 15) is 14.7 Å². The van der Waals surface area contributed by atoms with Gasteiger partial charge in [0.15, 0.2) is 0 Å². The first-order chi connectivity index (χ1) is 9.32. The Kier molecular flexibility index (Phi) is 4.96. The summed E-state index contributed by atoms with van der Waals surface area (Å²) < 4.78 is 9.68. The molecule has 0 saturated heterocycles. The zero-order chi connectivity index (χ0) is 15.3. The van der Waals surface area contributed by atoms with Crippen LogP contribution in [-0.2, 0) is 14.3 Å². The quantitative estimate of drug-likeness (QED) is 0.773. The van der Waals surface area contributed by atoms with Crippen LogP contribution in [0.2, 0.25) is 0 Å². The summed E-state index contributed by atoms with van der Waals surface area (Å²) in [6.45, 7) is 3.04. The zero-order valence-corrected chi connectivity index (χ0v) is 12.0. The van der Waals surface area contributed by atoms with E-state index in [0.717, 1.165) is 0 Å². The molecule has 1 atom stereocenters. The third-order valence-corrected chi connectivity index (χ3v) is 3.08. The summed E-state index contributed by atoms with van der Waals surface area (Å²) in [5.74, 6) is -1.06. The zero-order valence-electron chi connectivity index (χ0n) is 12.0. The fraction of sp³-hybridized carbons (Fsp3) is 0.429. The van der Waals surface area contributed by atoms with Gasteiger partial charge in [-0.2, -0.15) is 0 Å². The summed E-state index contributed by atoms with van der Waals surface area (Å²) in [6, 6.07) is 5.66. The van der Waals surface area contributed by atoms with Crippen LogP contribution in [-0.4, -0.2) is 37.3 Å². The average Bonchev–Trinajstić information content (AvgIpc) is 2.43. The molecule has 1 rings (SSSR count). The SMILES string of the molecule is COC(=O)C(C)(C)C(Nc1ccc(OC)cc1)C(=O)O. The maximum Gasteiger partial charge on any atom is 0.327 e. The summed E-state index contributed by atoms with van der Waals surface area (Å²) in [6.07, 6.45) is 0. The van der Waals surface area contributed by atoms with Crippen molar-refractivity contribution in [3.8, 4) is 5.75 Å². The van der Waals surface area contributed by atoms with Crippen LogP contribution in [0.5, 0.6) is 5.75 Å². The van der Waals surface area contributed by atoms with Crippen molar-refractivity contribution in [3.63, 3.8) is 0 Å². The summed E-state index contributed by atoms with van der Waals surface area (Å²) >= 11 is 0. The lowest BCUT2D eigenvalue weighted by Gasteiger charge is -2.29. The number of nitrogens with one attached hydrogen (secondary N) is 1. The van der Waals surface area contributed by atoms with Gasteiger partial charge in [-0.05, 0) is 38.1 Å². The Bertz CT molecular complexity index is 481. The van der Waals surface area contributed by atoms with Gasteiger partial charge in [-0.25, -0.2) is 4.79 Å². The number of ether oxygens (including phenoxy) is 2. The molecule has 110 valence electrons. The van der Waals surface area contributed by atoms with Gasteiger partial charge in [0.2, 0.25) is 0 Å². The molecule has 0 fully saturated rings. The maximum atomic E-state index is 11.7. The molecule has 1 aromatic carbocycles. The minimum atomic E-state index is -1.21. The normalized spacial score (nSPS) is 12.4. The highest BCUT2D eigenvalue weighted by atomic mass is 16.5. The number of carbonyl (C=O) groups excluding carboxylic acids is 1. The fourth-order valence-corrected chi connectivity index (χ4v) is 1.79. The van der Waals surface area contributed by atoms with Crippen molar-refractivity contribution < 1.29 is 24.2 Å². The first-order valence-corrected chi connectivity index (χ1v) is 6.04. The van der Waals surface area contributed by atoms with Gasteiger partial charge < -0.3 is 19.9 Å². The van der Waals surface area contributed by atoms with Crippen LogP contribution < -0.4 is 10.1 Å². The van der Waals surface area contributed by atoms with E-state index in [0.29, 0.717) is 11.4 Å². The number of methoxy groups -OCH3 is 2. The number of anilines is 1. The first kappa shape index (κ1) is 15.8. The Balaban J connectivity index is 2.97. The van der Waals surface area contributed by atoms with Crippen molar-refractivity contribution in [1.29, 1.82) is 0 Å². The minimum absolute atomic E-state index is 0.579. The van der Waals surface area contributed by atoms with Crippen LogP contribution >= 0.6 is 0 Å². The van der Waals surface area contributed by atoms with Crippen molar-refractivity contribution in [2.75, 3.05) is 19.5 Å². The second-order valence-electron chi connectivity index (χ2n) is 4.86. The molecule has 6 nitrogen and oxygen atoms in total. The molecule has 2 N–H and O–H groups in total. The van der Waals surface area contributed by atoms with Gasteiger partial charge in [-0.15, -0.1) is 0 Å². The van der Waals surface area contributed by atoms with Crippen molar-refractivity contribution in [1.82, 2.24) is 0 Å². The summed E-state index contributed by atoms with van der Waals surface area (Å²) in [7, 11) is 2.78. The van der Waals surface area contributed by atoms with Crippen molar-refractivity contribution in [2.24, 2.45) is 5.41 Å². The number of carbonyl (C=O) groups is 2. The van der Waals surface area contributed by atoms with Crippen molar-refractivity contribution in [2.45, 2.75) is 19.9 Å². The van der Waals surface area contributed by atoms with Crippen LogP contribution in [0.3, 0.4) is 0 Å². The summed E-state index contributed by atoms with van der Waals surface area (Å²) in [5.41, 5.74) is -0.629. The van der Waals surface area contributed by atoms with Gasteiger partial charge in [0.25, 0.3) is 0 Å². The number of esters is 1. The lowest BCUT2D eigenvalue weighted by Crippen LogP contribution is -2.48. The Labute approximate surface area is 117 Å². The topological polar surface area (TPSA) is 84.9 Å². The van der Waals surface area contributed by atoms with Gasteiger partial charge in [-0.1, -0.05) is 0 Å². The number of carboxylic acids is 1. The van der Waals surface area contributed by atoms with E-state index in [1.807, 2.05) is 0 Å². The Morgan fingerprint density at radius 1 is 1.20 bits per heavy atom. The molecule has 1 aromatic rings. The number of hydrogen-bond acceptors (Lipinski definition) is 5. The molecule has 20 heavy (non-hydrogen) atoms. The smallest absolute Gasteiger partial charge is 0.327 e. The average molecular weight is 281 g/mol. The summed E-state index contributed by atoms with van der Waals surface area (Å²) in [5, 5.41) is 12.1. The van der Waals surface area contributed by atoms with Crippen LogP contribution in [0, 0.1) is 5.41 Å². The highest BCUT2D eigenvalue weighted by Gasteiger charge is 2.42. The Morgan fingerprint density at radius 2 is 1.75 bits per heavy atom. The third-order valence-electron chi connectivity index (χ3n) is 3.08. The van der Waals surface area contributed by atoms with Gasteiger partial charge in [0.1, 0.15) is 11.8 Å². The predicted molar refractivity (Wildman–Crippen MR) is 73.8 cm³/mol. The largest absolute Gasteiger partial charge is 0.497 e. The molecule has 0 saturated carbocycles. The van der Waals surface area contributed by atoms with Gasteiger partial charge in [-0.3, -0.25) is 4.79 Å². The number of carboxylic acid groups (broad SMARTS) is 1. The molecule has 0 spiro atoms. The van der Waals surface area contributed by atoms with E-state index in [4.69, 9.17) is 4.74 Å². The highest BCUT2D eigenvalue weighted by molar-refractivity contribution is 5.88. The highest BCUT2D eigenvalue weighted by Crippen LogP contribution is 2.27. The Hall–Kier alpha value is -2.24. The molecule has 6 heteroatoms. The molecule has 1 unspecified atom stereocenters. The molecular formula is C14H19NO5. The van der Waals surface area contributed by atoms with Crippen LogP contribution in [0.4, 0.5) is 5.69 Å². The molecule has 0 aliphatic rings. The molecule has 0 aliphatic carbocycles. The van der Waals surface area contributed by atoms with E-state index in [1.54, 1.807) is 31.4 Å². The third kappa shape index (κ3) is 3.40. The van der Waals surface area contributed by atoms with Crippen LogP contribution in [0.25, 0.3) is 0 Å². The van der Waals surface area contributed by atoms with Gasteiger partial charge in [0.05, 0.1) is 19.6 Å². The van der Waals surface area contributed by atoms with Crippen LogP contribution in [0.15, 0.2) is 24.3 Å². The lowest BCUT2D eigenvalue weighted by molar-refractivity contribution is -0.157. The molecule has 0 amide bonds. The number of benzene rings is 1. The second-order valence-corrected chi connectivity index (χ2v) is 4.86. The molecule has 0 heterocycles. The van der Waals surface area contributed by atoms with Crippen LogP contribution in [0.1, 0.15) is 13.8 Å². The van der Waals surface area contributed by atoms with E-state index < -0.39 is 23.4 Å². The number of aliphatic carboxylic acids is 1. The van der Waals surface area contributed by atoms with Gasteiger partial charge in [0, 0.05) is 5.69 Å². The Morgan fingerprint density at radius 3 is 2.15 bits per heavy atom. The molecule has 0 aromatic heterocycles. The number of hydrogen-bond donors (Lipinski definition) is 2. The minimum Gasteiger partial charge on any atom is -0.497 e. The van der Waals surface area contributed by atoms with E-state index in [1.165, 1.54) is 21.0 Å². The van der Waals surface area contributed by atoms with E-state index >= 15 is 0 Å². The fourth-order valence-electron chi connectivity index (χ4n) is 1.79. The molecule has 0 radical (unpaired) electrons. The van der Waals surface area contributed by atoms with E-state index in [-0.39, 0.29) is 0 Å². The molecular weight excluding hydrogens is 262 g/mol. The van der Waals surface area contributed by atoms with Gasteiger partial charge >= 0.3 is 11.9 Å². The molecule has 0 bridgehead atoms. The molecule has 0 aliphatic heterocycles. The standard InChI is InChI=1S/C14H19NO5/c1-14(2,13(18)20-4)11(12(16)17)15-9-5-7-10(19-3)8-6-9/h5-8,11,15H,1-4H3,(H,16,17). The van der Waals surface area contributed by atoms with Crippen molar-refractivity contribution >= 4 is 17.6 Å².